The molecule has 0 bridgehead atoms. The van der Waals surface area contributed by atoms with E-state index in [1.54, 1.807) is 0 Å². The van der Waals surface area contributed by atoms with Crippen molar-refractivity contribution >= 4 is 13.2 Å². The van der Waals surface area contributed by atoms with Crippen LogP contribution in [0.2, 0.25) is 0 Å². The highest BCUT2D eigenvalue weighted by Crippen LogP contribution is 2.47. The second kappa shape index (κ2) is 4.99. The molecule has 0 saturated heterocycles. The summed E-state index contributed by atoms with van der Waals surface area (Å²) in [6, 6.07) is 5.82. The largest absolute Gasteiger partial charge is 0.507 e. The first-order valence-corrected chi connectivity index (χ1v) is 7.00. The van der Waals surface area contributed by atoms with Crippen molar-refractivity contribution in [1.82, 2.24) is 0 Å². The molecule has 1 aromatic rings. The van der Waals surface area contributed by atoms with Crippen molar-refractivity contribution in [2.45, 2.75) is 45.9 Å². The summed E-state index contributed by atoms with van der Waals surface area (Å²) in [6.07, 6.45) is 0. The molecule has 0 heterocycles. The van der Waals surface area contributed by atoms with Crippen LogP contribution >= 0.6 is 7.92 Å². The Labute approximate surface area is 94.3 Å². The van der Waals surface area contributed by atoms with Gasteiger partial charge in [-0.15, -0.1) is 0 Å². The Hall–Kier alpha value is -0.550. The lowest BCUT2D eigenvalue weighted by atomic mass is 10.2. The first-order chi connectivity index (χ1) is 6.95. The average molecular weight is 224 g/mol. The SMILES string of the molecule is Cc1cccc(O)c1P(C(C)C)C(C)C. The molecule has 1 rings (SSSR count). The fraction of sp³-hybridized carbons (Fsp3) is 0.538. The fourth-order valence-electron chi connectivity index (χ4n) is 2.09. The van der Waals surface area contributed by atoms with Gasteiger partial charge in [0.15, 0.2) is 0 Å². The third-order valence-electron chi connectivity index (χ3n) is 2.59. The second-order valence-corrected chi connectivity index (χ2v) is 7.86. The molecule has 0 radical (unpaired) electrons. The third-order valence-corrected chi connectivity index (χ3v) is 5.91. The van der Waals surface area contributed by atoms with Gasteiger partial charge in [0.05, 0.1) is 0 Å². The smallest absolute Gasteiger partial charge is 0.123 e. The summed E-state index contributed by atoms with van der Waals surface area (Å²) in [7, 11) is -0.265. The Kier molecular flexibility index (Phi) is 4.16. The fourth-order valence-corrected chi connectivity index (χ4v) is 5.14. The number of hydrogen-bond donors (Lipinski definition) is 1. The molecular formula is C13H21OP. The van der Waals surface area contributed by atoms with Gasteiger partial charge < -0.3 is 5.11 Å². The predicted molar refractivity (Wildman–Crippen MR) is 69.7 cm³/mol. The van der Waals surface area contributed by atoms with E-state index in [1.807, 2.05) is 12.1 Å². The van der Waals surface area contributed by atoms with Gasteiger partial charge >= 0.3 is 0 Å². The van der Waals surface area contributed by atoms with Crippen LogP contribution < -0.4 is 5.30 Å². The molecule has 84 valence electrons. The third kappa shape index (κ3) is 2.72. The minimum atomic E-state index is -0.265. The van der Waals surface area contributed by atoms with Crippen LogP contribution in [-0.2, 0) is 0 Å². The molecule has 0 aliphatic heterocycles. The number of rotatable bonds is 3. The number of aryl methyl sites for hydroxylation is 1. The molecule has 0 aromatic heterocycles. The lowest BCUT2D eigenvalue weighted by molar-refractivity contribution is 0.479. The van der Waals surface area contributed by atoms with Crippen molar-refractivity contribution in [1.29, 1.82) is 0 Å². The summed E-state index contributed by atoms with van der Waals surface area (Å²) in [6.45, 7) is 11.1. The number of phenols is 1. The van der Waals surface area contributed by atoms with Gasteiger partial charge in [0, 0.05) is 5.30 Å². The Morgan fingerprint density at radius 3 is 2.00 bits per heavy atom. The number of aromatic hydroxyl groups is 1. The van der Waals surface area contributed by atoms with Gasteiger partial charge in [-0.2, -0.15) is 0 Å². The van der Waals surface area contributed by atoms with Crippen LogP contribution in [-0.4, -0.2) is 16.4 Å². The molecule has 1 N–H and O–H groups in total. The topological polar surface area (TPSA) is 20.2 Å². The quantitative estimate of drug-likeness (QED) is 0.777. The summed E-state index contributed by atoms with van der Waals surface area (Å²) in [5.74, 6) is 0.475. The molecule has 0 aliphatic carbocycles. The Morgan fingerprint density at radius 2 is 1.60 bits per heavy atom. The standard InChI is InChI=1S/C13H21OP/c1-9(2)15(10(3)4)13-11(5)7-6-8-12(13)14/h6-10,14H,1-5H3. The van der Waals surface area contributed by atoms with Crippen molar-refractivity contribution in [3.8, 4) is 5.75 Å². The Balaban J connectivity index is 3.22. The number of phenolic OH excluding ortho intramolecular Hbond substituents is 1. The van der Waals surface area contributed by atoms with Crippen LogP contribution in [0.5, 0.6) is 5.75 Å². The molecule has 15 heavy (non-hydrogen) atoms. The van der Waals surface area contributed by atoms with Crippen molar-refractivity contribution in [2.24, 2.45) is 0 Å². The Morgan fingerprint density at radius 1 is 1.07 bits per heavy atom. The van der Waals surface area contributed by atoms with E-state index in [2.05, 4.69) is 40.7 Å². The van der Waals surface area contributed by atoms with E-state index < -0.39 is 0 Å². The maximum atomic E-state index is 9.98. The first-order valence-electron chi connectivity index (χ1n) is 5.52. The van der Waals surface area contributed by atoms with E-state index in [4.69, 9.17) is 0 Å². The molecule has 2 heteroatoms. The molecule has 0 fully saturated rings. The summed E-state index contributed by atoms with van der Waals surface area (Å²) in [4.78, 5) is 0. The molecule has 0 spiro atoms. The predicted octanol–water partition coefficient (Wildman–Crippen LogP) is 3.62. The summed E-state index contributed by atoms with van der Waals surface area (Å²) in [5, 5.41) is 11.2. The van der Waals surface area contributed by atoms with E-state index in [1.165, 1.54) is 10.9 Å². The van der Waals surface area contributed by atoms with Crippen LogP contribution in [0.4, 0.5) is 0 Å². The van der Waals surface area contributed by atoms with E-state index in [0.29, 0.717) is 17.1 Å². The van der Waals surface area contributed by atoms with E-state index in [9.17, 15) is 5.11 Å². The van der Waals surface area contributed by atoms with Gasteiger partial charge in [-0.25, -0.2) is 0 Å². The van der Waals surface area contributed by atoms with Crippen LogP contribution in [0.3, 0.4) is 0 Å². The van der Waals surface area contributed by atoms with Gasteiger partial charge in [0.1, 0.15) is 5.75 Å². The van der Waals surface area contributed by atoms with E-state index in [-0.39, 0.29) is 7.92 Å². The molecule has 0 amide bonds. The highest BCUT2D eigenvalue weighted by atomic mass is 31.1. The maximum Gasteiger partial charge on any atom is 0.123 e. The van der Waals surface area contributed by atoms with Gasteiger partial charge in [-0.05, 0) is 29.9 Å². The monoisotopic (exact) mass is 224 g/mol. The van der Waals surface area contributed by atoms with Crippen molar-refractivity contribution < 1.29 is 5.11 Å². The summed E-state index contributed by atoms with van der Waals surface area (Å²) < 4.78 is 0. The lowest BCUT2D eigenvalue weighted by Gasteiger charge is -2.28. The van der Waals surface area contributed by atoms with Crippen LogP contribution in [0.25, 0.3) is 0 Å². The highest BCUT2D eigenvalue weighted by Gasteiger charge is 2.23. The van der Waals surface area contributed by atoms with Crippen LogP contribution in [0.1, 0.15) is 33.3 Å². The van der Waals surface area contributed by atoms with Gasteiger partial charge in [-0.1, -0.05) is 47.7 Å². The average Bonchev–Trinajstić information content (AvgIpc) is 2.09. The normalized spacial score (nSPS) is 11.7. The molecule has 1 aromatic carbocycles. The van der Waals surface area contributed by atoms with Crippen molar-refractivity contribution in [3.05, 3.63) is 23.8 Å². The Bertz CT molecular complexity index is 303. The first kappa shape index (κ1) is 12.5. The molecule has 0 atom stereocenters. The second-order valence-electron chi connectivity index (χ2n) is 4.54. The zero-order valence-corrected chi connectivity index (χ0v) is 11.2. The minimum Gasteiger partial charge on any atom is -0.507 e. The van der Waals surface area contributed by atoms with Crippen LogP contribution in [0.15, 0.2) is 18.2 Å². The highest BCUT2D eigenvalue weighted by molar-refractivity contribution is 7.67. The number of benzene rings is 1. The van der Waals surface area contributed by atoms with Crippen molar-refractivity contribution in [3.63, 3.8) is 0 Å². The van der Waals surface area contributed by atoms with Crippen LogP contribution in [0, 0.1) is 6.92 Å². The summed E-state index contributed by atoms with van der Waals surface area (Å²) >= 11 is 0. The van der Waals surface area contributed by atoms with Gasteiger partial charge in [-0.3, -0.25) is 0 Å². The summed E-state index contributed by atoms with van der Waals surface area (Å²) in [5.41, 5.74) is 2.46. The van der Waals surface area contributed by atoms with Gasteiger partial charge in [0.25, 0.3) is 0 Å². The van der Waals surface area contributed by atoms with E-state index in [0.717, 1.165) is 0 Å². The lowest BCUT2D eigenvalue weighted by Crippen LogP contribution is -2.17. The molecular weight excluding hydrogens is 203 g/mol. The molecule has 1 nitrogen and oxygen atoms in total. The maximum absolute atomic E-state index is 9.98. The van der Waals surface area contributed by atoms with E-state index >= 15 is 0 Å². The zero-order chi connectivity index (χ0) is 11.6. The van der Waals surface area contributed by atoms with Crippen molar-refractivity contribution in [2.75, 3.05) is 0 Å². The molecule has 0 unspecified atom stereocenters. The molecule has 0 aliphatic rings. The molecule has 0 saturated carbocycles. The zero-order valence-electron chi connectivity index (χ0n) is 10.3. The van der Waals surface area contributed by atoms with Gasteiger partial charge in [0.2, 0.25) is 0 Å². The number of hydrogen-bond acceptors (Lipinski definition) is 1. The minimum absolute atomic E-state index is 0.265.